The highest BCUT2D eigenvalue weighted by Crippen LogP contribution is 2.38. The zero-order chi connectivity index (χ0) is 18.8. The van der Waals surface area contributed by atoms with Crippen molar-refractivity contribution in [3.8, 4) is 11.5 Å². The molecule has 2 aromatic rings. The summed E-state index contributed by atoms with van der Waals surface area (Å²) in [6, 6.07) is 16.2. The molecule has 0 amide bonds. The molecule has 2 saturated heterocycles. The van der Waals surface area contributed by atoms with Gasteiger partial charge in [0.05, 0.1) is 0 Å². The Bertz CT molecular complexity index is 805. The molecule has 0 N–H and O–H groups in total. The van der Waals surface area contributed by atoms with Crippen molar-refractivity contribution >= 4 is 17.4 Å². The monoisotopic (exact) mass is 396 g/mol. The molecule has 3 heterocycles. The maximum atomic E-state index is 5.80. The topological polar surface area (TPSA) is 24.9 Å². The second-order valence-electron chi connectivity index (χ2n) is 7.80. The van der Waals surface area contributed by atoms with Crippen molar-refractivity contribution in [3.63, 3.8) is 0 Å². The van der Waals surface area contributed by atoms with Crippen LogP contribution in [0, 0.1) is 0 Å². The maximum absolute atomic E-state index is 5.80. The Morgan fingerprint density at radius 3 is 2.50 bits per heavy atom. The molecule has 28 heavy (non-hydrogen) atoms. The van der Waals surface area contributed by atoms with Gasteiger partial charge in [-0.15, -0.1) is 0 Å². The van der Waals surface area contributed by atoms with Gasteiger partial charge in [-0.05, 0) is 54.8 Å². The van der Waals surface area contributed by atoms with Gasteiger partial charge in [-0.25, -0.2) is 0 Å². The van der Waals surface area contributed by atoms with E-state index in [0.717, 1.165) is 24.6 Å². The summed E-state index contributed by atoms with van der Waals surface area (Å²) >= 11 is 2.06. The minimum absolute atomic E-state index is 0.467. The molecule has 5 heteroatoms. The van der Waals surface area contributed by atoms with Crippen LogP contribution in [0.5, 0.6) is 11.5 Å². The molecule has 0 unspecified atom stereocenters. The fourth-order valence-corrected chi connectivity index (χ4v) is 5.43. The molecule has 0 radical (unpaired) electrons. The summed E-state index contributed by atoms with van der Waals surface area (Å²) in [7, 11) is 0. The minimum Gasteiger partial charge on any atom is -0.486 e. The Balaban J connectivity index is 1.28. The quantitative estimate of drug-likeness (QED) is 0.765. The van der Waals surface area contributed by atoms with Gasteiger partial charge in [-0.1, -0.05) is 18.2 Å². The number of fused-ring (bicyclic) bond motifs is 1. The van der Waals surface area contributed by atoms with Crippen molar-refractivity contribution < 1.29 is 9.47 Å². The van der Waals surface area contributed by atoms with E-state index in [4.69, 9.17) is 9.47 Å². The Labute approximate surface area is 171 Å². The average Bonchev–Trinajstić information content (AvgIpc) is 3.23. The summed E-state index contributed by atoms with van der Waals surface area (Å²) in [5.41, 5.74) is 4.12. The highest BCUT2D eigenvalue weighted by molar-refractivity contribution is 7.99. The molecule has 2 fully saturated rings. The first-order valence-electron chi connectivity index (χ1n) is 10.4. The van der Waals surface area contributed by atoms with Crippen LogP contribution >= 0.6 is 11.8 Å². The zero-order valence-electron chi connectivity index (χ0n) is 16.3. The predicted octanol–water partition coefficient (Wildman–Crippen LogP) is 4.35. The molecular formula is C23H28N2O2S. The Morgan fingerprint density at radius 2 is 1.68 bits per heavy atom. The summed E-state index contributed by atoms with van der Waals surface area (Å²) in [6.45, 7) is 5.80. The smallest absolute Gasteiger partial charge is 0.161 e. The van der Waals surface area contributed by atoms with Crippen LogP contribution in [0.1, 0.15) is 30.0 Å². The van der Waals surface area contributed by atoms with Crippen molar-refractivity contribution in [2.75, 3.05) is 49.3 Å². The summed E-state index contributed by atoms with van der Waals surface area (Å²) in [4.78, 5) is 5.12. The van der Waals surface area contributed by atoms with Gasteiger partial charge in [-0.3, -0.25) is 4.90 Å². The third-order valence-corrected chi connectivity index (χ3v) is 6.96. The first-order valence-corrected chi connectivity index (χ1v) is 11.6. The van der Waals surface area contributed by atoms with Crippen molar-refractivity contribution in [2.45, 2.75) is 25.4 Å². The molecule has 3 aliphatic heterocycles. The Hall–Kier alpha value is -1.85. The molecule has 0 saturated carbocycles. The van der Waals surface area contributed by atoms with E-state index in [1.807, 2.05) is 0 Å². The van der Waals surface area contributed by atoms with E-state index >= 15 is 0 Å². The molecular weight excluding hydrogens is 368 g/mol. The zero-order valence-corrected chi connectivity index (χ0v) is 17.1. The number of ether oxygens (including phenoxy) is 2. The lowest BCUT2D eigenvalue weighted by atomic mass is 10.0. The number of benzene rings is 2. The van der Waals surface area contributed by atoms with Crippen molar-refractivity contribution in [1.82, 2.24) is 4.90 Å². The maximum Gasteiger partial charge on any atom is 0.161 e. The molecule has 0 bridgehead atoms. The van der Waals surface area contributed by atoms with Gasteiger partial charge in [0, 0.05) is 42.9 Å². The van der Waals surface area contributed by atoms with E-state index in [2.05, 4.69) is 64.0 Å². The first-order chi connectivity index (χ1) is 13.9. The lowest BCUT2D eigenvalue weighted by molar-refractivity contribution is 0.170. The molecule has 5 rings (SSSR count). The molecule has 0 aliphatic carbocycles. The van der Waals surface area contributed by atoms with Crippen LogP contribution < -0.4 is 14.4 Å². The normalized spacial score (nSPS) is 22.4. The van der Waals surface area contributed by atoms with Gasteiger partial charge in [0.2, 0.25) is 0 Å². The number of nitrogens with zero attached hydrogens (tertiary/aromatic N) is 2. The van der Waals surface area contributed by atoms with Gasteiger partial charge in [0.25, 0.3) is 0 Å². The van der Waals surface area contributed by atoms with Crippen LogP contribution in [0.2, 0.25) is 0 Å². The lowest BCUT2D eigenvalue weighted by Gasteiger charge is -2.29. The van der Waals surface area contributed by atoms with Crippen LogP contribution in [-0.4, -0.2) is 49.3 Å². The first kappa shape index (κ1) is 18.2. The summed E-state index contributed by atoms with van der Waals surface area (Å²) in [5, 5.41) is 0. The largest absolute Gasteiger partial charge is 0.486 e. The molecule has 3 aliphatic rings. The Kier molecular flexibility index (Phi) is 5.37. The van der Waals surface area contributed by atoms with Gasteiger partial charge in [-0.2, -0.15) is 11.8 Å². The van der Waals surface area contributed by atoms with Crippen LogP contribution in [0.4, 0.5) is 5.69 Å². The van der Waals surface area contributed by atoms with Crippen molar-refractivity contribution in [1.29, 1.82) is 0 Å². The molecule has 0 spiro atoms. The van der Waals surface area contributed by atoms with Crippen LogP contribution in [0.15, 0.2) is 42.5 Å². The van der Waals surface area contributed by atoms with Gasteiger partial charge in [0.15, 0.2) is 11.5 Å². The SMILES string of the molecule is c1cc(N2CCSCC2)ccc1CN1CCC[C@H]1c1ccc2c(c1)OCCO2. The second-order valence-corrected chi connectivity index (χ2v) is 9.02. The van der Waals surface area contributed by atoms with Crippen LogP contribution in [0.25, 0.3) is 0 Å². The van der Waals surface area contributed by atoms with Gasteiger partial charge < -0.3 is 14.4 Å². The van der Waals surface area contributed by atoms with E-state index in [-0.39, 0.29) is 0 Å². The second kappa shape index (κ2) is 8.26. The fraction of sp³-hybridized carbons (Fsp3) is 0.478. The van der Waals surface area contributed by atoms with Gasteiger partial charge >= 0.3 is 0 Å². The lowest BCUT2D eigenvalue weighted by Crippen LogP contribution is -2.32. The molecule has 0 aromatic heterocycles. The van der Waals surface area contributed by atoms with Crippen molar-refractivity contribution in [2.24, 2.45) is 0 Å². The van der Waals surface area contributed by atoms with E-state index in [1.165, 1.54) is 54.3 Å². The molecule has 1 atom stereocenters. The summed E-state index contributed by atoms with van der Waals surface area (Å²) < 4.78 is 11.5. The number of hydrogen-bond donors (Lipinski definition) is 0. The van der Waals surface area contributed by atoms with Gasteiger partial charge in [0.1, 0.15) is 13.2 Å². The summed E-state index contributed by atoms with van der Waals surface area (Å²) in [5.74, 6) is 4.27. The Morgan fingerprint density at radius 1 is 0.893 bits per heavy atom. The standard InChI is InChI=1S/C23H28N2O2S/c1-2-21(19-5-8-22-23(16-19)27-13-12-26-22)25(9-1)17-18-3-6-20(7-4-18)24-10-14-28-15-11-24/h3-8,16,21H,1-2,9-15,17H2/t21-/m0/s1. The molecule has 4 nitrogen and oxygen atoms in total. The predicted molar refractivity (Wildman–Crippen MR) is 116 cm³/mol. The number of rotatable bonds is 4. The fourth-order valence-electron chi connectivity index (χ4n) is 4.53. The summed E-state index contributed by atoms with van der Waals surface area (Å²) in [6.07, 6.45) is 2.46. The third-order valence-electron chi connectivity index (χ3n) is 6.01. The number of thioether (sulfide) groups is 1. The van der Waals surface area contributed by atoms with Crippen molar-refractivity contribution in [3.05, 3.63) is 53.6 Å². The number of likely N-dealkylation sites (tertiary alicyclic amines) is 1. The highest BCUT2D eigenvalue weighted by Gasteiger charge is 2.27. The third kappa shape index (κ3) is 3.83. The molecule has 148 valence electrons. The number of hydrogen-bond acceptors (Lipinski definition) is 5. The van der Waals surface area contributed by atoms with Crippen LogP contribution in [-0.2, 0) is 6.54 Å². The van der Waals surface area contributed by atoms with E-state index in [9.17, 15) is 0 Å². The average molecular weight is 397 g/mol. The molecule has 2 aromatic carbocycles. The van der Waals surface area contributed by atoms with E-state index < -0.39 is 0 Å². The van der Waals surface area contributed by atoms with E-state index in [0.29, 0.717) is 19.3 Å². The highest BCUT2D eigenvalue weighted by atomic mass is 32.2. The number of anilines is 1. The van der Waals surface area contributed by atoms with Crippen LogP contribution in [0.3, 0.4) is 0 Å². The minimum atomic E-state index is 0.467. The van der Waals surface area contributed by atoms with E-state index in [1.54, 1.807) is 0 Å².